The first-order valence-electron chi connectivity index (χ1n) is 4.44. The molecule has 0 unspecified atom stereocenters. The van der Waals surface area contributed by atoms with Gasteiger partial charge in [-0.2, -0.15) is 8.78 Å². The van der Waals surface area contributed by atoms with Crippen molar-refractivity contribution in [3.63, 3.8) is 0 Å². The lowest BCUT2D eigenvalue weighted by Gasteiger charge is -2.15. The highest BCUT2D eigenvalue weighted by Crippen LogP contribution is 2.27. The Hall–Kier alpha value is -0.630. The lowest BCUT2D eigenvalue weighted by atomic mass is 10.3. The van der Waals surface area contributed by atoms with Gasteiger partial charge >= 0.3 is 12.3 Å². The van der Waals surface area contributed by atoms with E-state index in [0.717, 1.165) is 16.9 Å². The summed E-state index contributed by atoms with van der Waals surface area (Å²) < 4.78 is 49.4. The lowest BCUT2D eigenvalue weighted by molar-refractivity contribution is -0.123. The molecule has 1 aromatic rings. The van der Waals surface area contributed by atoms with Crippen LogP contribution >= 0.6 is 27.3 Å². The maximum Gasteiger partial charge on any atom is 0.324 e. The summed E-state index contributed by atoms with van der Waals surface area (Å²) in [6.45, 7) is 0.350. The Kier molecular flexibility index (Phi) is 4.54. The average Bonchev–Trinajstić information content (AvgIpc) is 2.56. The van der Waals surface area contributed by atoms with Gasteiger partial charge < -0.3 is 5.32 Å². The van der Waals surface area contributed by atoms with Crippen molar-refractivity contribution < 1.29 is 22.4 Å². The third-order valence-electron chi connectivity index (χ3n) is 1.88. The predicted molar refractivity (Wildman–Crippen MR) is 60.0 cm³/mol. The van der Waals surface area contributed by atoms with Crippen LogP contribution in [0.3, 0.4) is 0 Å². The number of halogens is 5. The first kappa shape index (κ1) is 14.4. The lowest BCUT2D eigenvalue weighted by Crippen LogP contribution is -2.41. The van der Waals surface area contributed by atoms with Crippen molar-refractivity contribution in [2.24, 2.45) is 0 Å². The van der Waals surface area contributed by atoms with E-state index in [2.05, 4.69) is 15.9 Å². The molecule has 1 N–H and O–H groups in total. The van der Waals surface area contributed by atoms with Crippen molar-refractivity contribution >= 4 is 33.2 Å². The van der Waals surface area contributed by atoms with Crippen molar-refractivity contribution in [3.8, 4) is 0 Å². The van der Waals surface area contributed by atoms with Crippen LogP contribution in [0, 0.1) is 6.92 Å². The molecule has 1 rings (SSSR count). The summed E-state index contributed by atoms with van der Waals surface area (Å²) in [6, 6.07) is 1.49. The highest BCUT2D eigenvalue weighted by Gasteiger charge is 2.40. The van der Waals surface area contributed by atoms with Crippen LogP contribution in [0.25, 0.3) is 0 Å². The fraction of sp³-hybridized carbons (Fsp3) is 0.444. The van der Waals surface area contributed by atoms with Gasteiger partial charge in [0.1, 0.15) is 0 Å². The van der Waals surface area contributed by atoms with Crippen molar-refractivity contribution in [2.45, 2.75) is 19.3 Å². The maximum absolute atomic E-state index is 12.5. The van der Waals surface area contributed by atoms with Crippen LogP contribution < -0.4 is 5.32 Å². The van der Waals surface area contributed by atoms with Crippen LogP contribution in [-0.4, -0.2) is 24.8 Å². The summed E-state index contributed by atoms with van der Waals surface area (Å²) in [4.78, 5) is 11.6. The SMILES string of the molecule is Cc1cc(C(=O)NCC(F)(F)C(F)F)sc1Br. The summed E-state index contributed by atoms with van der Waals surface area (Å²) in [5, 5.41) is 1.78. The van der Waals surface area contributed by atoms with Gasteiger partial charge in [0.25, 0.3) is 5.91 Å². The zero-order chi connectivity index (χ0) is 13.2. The van der Waals surface area contributed by atoms with E-state index in [1.54, 1.807) is 12.2 Å². The third kappa shape index (κ3) is 3.67. The van der Waals surface area contributed by atoms with Crippen LogP contribution in [0.5, 0.6) is 0 Å². The quantitative estimate of drug-likeness (QED) is 0.840. The molecule has 1 aromatic heterocycles. The fourth-order valence-corrected chi connectivity index (χ4v) is 2.39. The molecule has 0 saturated heterocycles. The van der Waals surface area contributed by atoms with Crippen LogP contribution in [0.1, 0.15) is 15.2 Å². The molecule has 0 atom stereocenters. The minimum Gasteiger partial charge on any atom is -0.345 e. The molecule has 8 heteroatoms. The summed E-state index contributed by atoms with van der Waals surface area (Å²) in [6.07, 6.45) is -3.79. The third-order valence-corrected chi connectivity index (χ3v) is 4.02. The number of hydrogen-bond donors (Lipinski definition) is 1. The summed E-state index contributed by atoms with van der Waals surface area (Å²) >= 11 is 4.22. The second-order valence-corrected chi connectivity index (χ2v) is 5.68. The molecular formula is C9H8BrF4NOS. The molecule has 96 valence electrons. The van der Waals surface area contributed by atoms with E-state index in [1.165, 1.54) is 6.07 Å². The first-order valence-corrected chi connectivity index (χ1v) is 6.05. The molecule has 0 radical (unpaired) electrons. The summed E-state index contributed by atoms with van der Waals surface area (Å²) in [5.74, 6) is -5.00. The first-order chi connectivity index (χ1) is 7.74. The number of thiophene rings is 1. The van der Waals surface area contributed by atoms with Crippen LogP contribution in [0.2, 0.25) is 0 Å². The zero-order valence-corrected chi connectivity index (χ0v) is 11.0. The van der Waals surface area contributed by atoms with Gasteiger partial charge in [-0.05, 0) is 34.5 Å². The van der Waals surface area contributed by atoms with Crippen molar-refractivity contribution in [3.05, 3.63) is 20.3 Å². The molecule has 2 nitrogen and oxygen atoms in total. The van der Waals surface area contributed by atoms with Crippen molar-refractivity contribution in [1.82, 2.24) is 5.32 Å². The number of carbonyl (C=O) groups excluding carboxylic acids is 1. The number of aryl methyl sites for hydroxylation is 1. The second-order valence-electron chi connectivity index (χ2n) is 3.31. The van der Waals surface area contributed by atoms with Gasteiger partial charge in [0, 0.05) is 0 Å². The Morgan fingerprint density at radius 2 is 2.18 bits per heavy atom. The average molecular weight is 334 g/mol. The van der Waals surface area contributed by atoms with E-state index in [4.69, 9.17) is 0 Å². The van der Waals surface area contributed by atoms with Crippen LogP contribution in [-0.2, 0) is 0 Å². The summed E-state index contributed by atoms with van der Waals surface area (Å²) in [7, 11) is 0. The Morgan fingerprint density at radius 1 is 1.59 bits per heavy atom. The Morgan fingerprint density at radius 3 is 2.59 bits per heavy atom. The predicted octanol–water partition coefficient (Wildman–Crippen LogP) is 3.45. The largest absolute Gasteiger partial charge is 0.345 e. The van der Waals surface area contributed by atoms with E-state index in [9.17, 15) is 22.4 Å². The zero-order valence-electron chi connectivity index (χ0n) is 8.57. The highest BCUT2D eigenvalue weighted by atomic mass is 79.9. The van der Waals surface area contributed by atoms with Gasteiger partial charge in [-0.3, -0.25) is 4.79 Å². The van der Waals surface area contributed by atoms with Gasteiger partial charge in [-0.15, -0.1) is 11.3 Å². The van der Waals surface area contributed by atoms with Crippen molar-refractivity contribution in [1.29, 1.82) is 0 Å². The van der Waals surface area contributed by atoms with E-state index in [1.807, 2.05) is 0 Å². The molecule has 0 fully saturated rings. The number of rotatable bonds is 4. The van der Waals surface area contributed by atoms with Gasteiger partial charge in [0.2, 0.25) is 0 Å². The van der Waals surface area contributed by atoms with E-state index in [0.29, 0.717) is 3.79 Å². The van der Waals surface area contributed by atoms with Crippen LogP contribution in [0.15, 0.2) is 9.85 Å². The standard InChI is InChI=1S/C9H8BrF4NOS/c1-4-2-5(17-6(4)10)7(16)15-3-9(13,14)8(11)12/h2,8H,3H2,1H3,(H,15,16). The Bertz CT molecular complexity index is 402. The molecule has 1 amide bonds. The van der Waals surface area contributed by atoms with Crippen LogP contribution in [0.4, 0.5) is 17.6 Å². The van der Waals surface area contributed by atoms with Gasteiger partial charge in [0.15, 0.2) is 0 Å². The molecular weight excluding hydrogens is 326 g/mol. The Labute approximate surface area is 107 Å². The maximum atomic E-state index is 12.5. The smallest absolute Gasteiger partial charge is 0.324 e. The number of hydrogen-bond acceptors (Lipinski definition) is 2. The molecule has 17 heavy (non-hydrogen) atoms. The molecule has 0 aliphatic carbocycles. The normalized spacial score (nSPS) is 11.9. The van der Waals surface area contributed by atoms with E-state index in [-0.39, 0.29) is 4.88 Å². The number of alkyl halides is 4. The minimum atomic E-state index is -4.21. The molecule has 0 spiro atoms. The van der Waals surface area contributed by atoms with E-state index < -0.39 is 24.8 Å². The molecule has 0 saturated carbocycles. The van der Waals surface area contributed by atoms with Gasteiger partial charge in [0.05, 0.1) is 15.2 Å². The summed E-state index contributed by atoms with van der Waals surface area (Å²) in [5.41, 5.74) is 0.778. The fourth-order valence-electron chi connectivity index (χ4n) is 0.934. The van der Waals surface area contributed by atoms with E-state index >= 15 is 0 Å². The molecule has 0 aromatic carbocycles. The number of amides is 1. The number of nitrogens with one attached hydrogen (secondary N) is 1. The molecule has 0 aliphatic rings. The van der Waals surface area contributed by atoms with Gasteiger partial charge in [-0.1, -0.05) is 0 Å². The monoisotopic (exact) mass is 333 g/mol. The van der Waals surface area contributed by atoms with Crippen molar-refractivity contribution in [2.75, 3.05) is 6.54 Å². The topological polar surface area (TPSA) is 29.1 Å². The second kappa shape index (κ2) is 5.34. The highest BCUT2D eigenvalue weighted by molar-refractivity contribution is 9.11. The minimum absolute atomic E-state index is 0.194. The molecule has 0 bridgehead atoms. The van der Waals surface area contributed by atoms with Gasteiger partial charge in [-0.25, -0.2) is 8.78 Å². The molecule has 0 aliphatic heterocycles. The Balaban J connectivity index is 2.62. The molecule has 1 heterocycles. The number of carbonyl (C=O) groups is 1.